The maximum Gasteiger partial charge on any atom is 0.416 e. The van der Waals surface area contributed by atoms with E-state index in [0.29, 0.717) is 12.1 Å². The first-order valence-corrected chi connectivity index (χ1v) is 10.9. The van der Waals surface area contributed by atoms with Gasteiger partial charge in [0.05, 0.1) is 23.7 Å². The van der Waals surface area contributed by atoms with Crippen molar-refractivity contribution in [2.24, 2.45) is 0 Å². The van der Waals surface area contributed by atoms with Crippen LogP contribution in [0.25, 0.3) is 10.8 Å². The topological polar surface area (TPSA) is 29.5 Å². The first-order valence-electron chi connectivity index (χ1n) is 9.78. The van der Waals surface area contributed by atoms with Gasteiger partial charge in [0.2, 0.25) is 0 Å². The smallest absolute Gasteiger partial charge is 0.416 e. The molecule has 1 heterocycles. The monoisotopic (exact) mass is 579 g/mol. The number of halogens is 7. The molecule has 0 unspecified atom stereocenters. The number of benzene rings is 3. The second kappa shape index (κ2) is 8.37. The Morgan fingerprint density at radius 2 is 1.45 bits per heavy atom. The third-order valence-corrected chi connectivity index (χ3v) is 6.59. The third kappa shape index (κ3) is 4.75. The molecule has 3 nitrogen and oxygen atoms in total. The van der Waals surface area contributed by atoms with Crippen molar-refractivity contribution in [2.75, 3.05) is 0 Å². The molecule has 2 atom stereocenters. The standard InChI is InChI=1S/C23H16F6INO2/c1-12-20(15-7-17(22(24,25)26)10-18(8-15)23(27,28)29)33-21(32)31(12)11-16-6-13-4-2-3-5-14(13)9-19(16)30/h2-10,12,20H,11H2,1H3/t12-,20-/m0/s1. The van der Waals surface area contributed by atoms with Gasteiger partial charge in [-0.3, -0.25) is 4.90 Å². The molecule has 10 heteroatoms. The highest BCUT2D eigenvalue weighted by atomic mass is 127. The van der Waals surface area contributed by atoms with E-state index in [9.17, 15) is 31.1 Å². The van der Waals surface area contributed by atoms with Crippen LogP contribution in [0.1, 0.15) is 35.3 Å². The van der Waals surface area contributed by atoms with Crippen LogP contribution in [0.2, 0.25) is 0 Å². The van der Waals surface area contributed by atoms with E-state index in [0.717, 1.165) is 19.9 Å². The minimum atomic E-state index is -4.98. The molecule has 33 heavy (non-hydrogen) atoms. The predicted octanol–water partition coefficient (Wildman–Crippen LogP) is 7.56. The molecule has 0 saturated carbocycles. The van der Waals surface area contributed by atoms with E-state index >= 15 is 0 Å². The minimum absolute atomic E-state index is 0.0557. The number of nitrogens with zero attached hydrogens (tertiary/aromatic N) is 1. The first-order chi connectivity index (χ1) is 15.3. The van der Waals surface area contributed by atoms with Gasteiger partial charge in [-0.1, -0.05) is 24.3 Å². The largest absolute Gasteiger partial charge is 0.439 e. The second-order valence-corrected chi connectivity index (χ2v) is 8.97. The summed E-state index contributed by atoms with van der Waals surface area (Å²) in [5, 5.41) is 1.95. The molecule has 0 bridgehead atoms. The summed E-state index contributed by atoms with van der Waals surface area (Å²) in [6, 6.07) is 11.9. The molecule has 3 aromatic rings. The molecule has 1 aliphatic rings. The number of amides is 1. The summed E-state index contributed by atoms with van der Waals surface area (Å²) in [6.07, 6.45) is -12.0. The lowest BCUT2D eigenvalue weighted by Crippen LogP contribution is -2.31. The van der Waals surface area contributed by atoms with Crippen LogP contribution < -0.4 is 0 Å². The van der Waals surface area contributed by atoms with Crippen LogP contribution in [-0.4, -0.2) is 17.0 Å². The van der Waals surface area contributed by atoms with Crippen LogP contribution in [0, 0.1) is 3.57 Å². The fraction of sp³-hybridized carbons (Fsp3) is 0.261. The zero-order valence-corrected chi connectivity index (χ0v) is 19.1. The second-order valence-electron chi connectivity index (χ2n) is 7.80. The Balaban J connectivity index is 1.68. The van der Waals surface area contributed by atoms with Crippen molar-refractivity contribution in [3.8, 4) is 0 Å². The van der Waals surface area contributed by atoms with Gasteiger partial charge in [-0.15, -0.1) is 0 Å². The Morgan fingerprint density at radius 3 is 2.00 bits per heavy atom. The summed E-state index contributed by atoms with van der Waals surface area (Å²) in [5.41, 5.74) is -2.45. The van der Waals surface area contributed by atoms with Gasteiger partial charge in [-0.25, -0.2) is 4.79 Å². The van der Waals surface area contributed by atoms with Crippen LogP contribution in [0.5, 0.6) is 0 Å². The number of alkyl halides is 6. The van der Waals surface area contributed by atoms with Gasteiger partial charge in [-0.05, 0) is 81.7 Å². The van der Waals surface area contributed by atoms with Gasteiger partial charge in [0.1, 0.15) is 6.10 Å². The molecule has 174 valence electrons. The first kappa shape index (κ1) is 23.7. The lowest BCUT2D eigenvalue weighted by molar-refractivity contribution is -0.143. The average molecular weight is 579 g/mol. The van der Waals surface area contributed by atoms with Gasteiger partial charge < -0.3 is 4.74 Å². The molecular formula is C23H16F6INO2. The maximum atomic E-state index is 13.2. The van der Waals surface area contributed by atoms with Gasteiger partial charge in [0.25, 0.3) is 0 Å². The van der Waals surface area contributed by atoms with E-state index in [2.05, 4.69) is 22.6 Å². The fourth-order valence-electron chi connectivity index (χ4n) is 3.87. The maximum absolute atomic E-state index is 13.2. The molecule has 1 aliphatic heterocycles. The number of carbonyl (C=O) groups excluding carboxylic acids is 1. The zero-order valence-electron chi connectivity index (χ0n) is 17.0. The van der Waals surface area contributed by atoms with Crippen LogP contribution in [0.4, 0.5) is 31.1 Å². The number of carbonyl (C=O) groups is 1. The lowest BCUT2D eigenvalue weighted by atomic mass is 9.97. The molecule has 0 spiro atoms. The SMILES string of the molecule is C[C@H]1[C@@H](c2cc(C(F)(F)F)cc(C(F)(F)F)c2)OC(=O)N1Cc1cc2ccccc2cc1I. The van der Waals surface area contributed by atoms with Crippen molar-refractivity contribution in [2.45, 2.75) is 38.0 Å². The molecule has 0 aromatic heterocycles. The highest BCUT2D eigenvalue weighted by Crippen LogP contribution is 2.41. The Labute approximate surface area is 198 Å². The van der Waals surface area contributed by atoms with Crippen LogP contribution in [0.15, 0.2) is 54.6 Å². The molecule has 4 rings (SSSR count). The van der Waals surface area contributed by atoms with Gasteiger partial charge in [0, 0.05) is 3.57 Å². The van der Waals surface area contributed by atoms with Gasteiger partial charge in [0.15, 0.2) is 0 Å². The van der Waals surface area contributed by atoms with Gasteiger partial charge >= 0.3 is 18.4 Å². The summed E-state index contributed by atoms with van der Waals surface area (Å²) < 4.78 is 85.6. The number of rotatable bonds is 3. The van der Waals surface area contributed by atoms with Gasteiger partial charge in [-0.2, -0.15) is 26.3 Å². The number of cyclic esters (lactones) is 1. The van der Waals surface area contributed by atoms with E-state index in [4.69, 9.17) is 4.74 Å². The third-order valence-electron chi connectivity index (χ3n) is 5.59. The summed E-state index contributed by atoms with van der Waals surface area (Å²) in [6.45, 7) is 1.64. The molecule has 1 amide bonds. The summed E-state index contributed by atoms with van der Waals surface area (Å²) in [4.78, 5) is 13.9. The van der Waals surface area contributed by atoms with Crippen molar-refractivity contribution in [1.82, 2.24) is 4.90 Å². The Morgan fingerprint density at radius 1 is 0.909 bits per heavy atom. The van der Waals surface area contributed by atoms with E-state index < -0.39 is 41.7 Å². The fourth-order valence-corrected chi connectivity index (χ4v) is 4.53. The Bertz CT molecular complexity index is 1190. The average Bonchev–Trinajstić information content (AvgIpc) is 3.01. The number of ether oxygens (including phenoxy) is 1. The molecule has 1 saturated heterocycles. The summed E-state index contributed by atoms with van der Waals surface area (Å²) >= 11 is 2.12. The van der Waals surface area contributed by atoms with Crippen LogP contribution in [-0.2, 0) is 23.6 Å². The molecule has 3 aromatic carbocycles. The van der Waals surface area contributed by atoms with Crippen molar-refractivity contribution in [1.29, 1.82) is 0 Å². The van der Waals surface area contributed by atoms with E-state index in [-0.39, 0.29) is 18.2 Å². The molecule has 0 radical (unpaired) electrons. The quantitative estimate of drug-likeness (QED) is 0.237. The normalized spacial score (nSPS) is 19.3. The molecule has 1 fully saturated rings. The molecule has 0 N–H and O–H groups in total. The van der Waals surface area contributed by atoms with Crippen molar-refractivity contribution in [3.05, 3.63) is 80.4 Å². The van der Waals surface area contributed by atoms with Crippen molar-refractivity contribution in [3.63, 3.8) is 0 Å². The van der Waals surface area contributed by atoms with Crippen molar-refractivity contribution >= 4 is 39.5 Å². The van der Waals surface area contributed by atoms with Crippen LogP contribution in [0.3, 0.4) is 0 Å². The highest BCUT2D eigenvalue weighted by molar-refractivity contribution is 14.1. The molecular weight excluding hydrogens is 563 g/mol. The Hall–Kier alpha value is -2.50. The molecule has 0 aliphatic carbocycles. The highest BCUT2D eigenvalue weighted by Gasteiger charge is 2.43. The zero-order chi connectivity index (χ0) is 24.1. The number of hydrogen-bond acceptors (Lipinski definition) is 2. The number of fused-ring (bicyclic) bond motifs is 1. The van der Waals surface area contributed by atoms with E-state index in [1.165, 1.54) is 11.8 Å². The summed E-state index contributed by atoms with van der Waals surface area (Å²) in [7, 11) is 0. The predicted molar refractivity (Wildman–Crippen MR) is 117 cm³/mol. The van der Waals surface area contributed by atoms with E-state index in [1.54, 1.807) is 0 Å². The van der Waals surface area contributed by atoms with E-state index in [1.807, 2.05) is 36.4 Å². The number of hydrogen-bond donors (Lipinski definition) is 0. The van der Waals surface area contributed by atoms with Crippen LogP contribution >= 0.6 is 22.6 Å². The minimum Gasteiger partial charge on any atom is -0.439 e. The Kier molecular flexibility index (Phi) is 6.00. The van der Waals surface area contributed by atoms with Crippen molar-refractivity contribution < 1.29 is 35.9 Å². The summed E-state index contributed by atoms with van der Waals surface area (Å²) in [5.74, 6) is 0. The lowest BCUT2D eigenvalue weighted by Gasteiger charge is -2.23.